The lowest BCUT2D eigenvalue weighted by molar-refractivity contribution is 0.0601. The van der Waals surface area contributed by atoms with E-state index in [4.69, 9.17) is 15.3 Å². The molecule has 124 valence electrons. The van der Waals surface area contributed by atoms with Gasteiger partial charge in [0.2, 0.25) is 0 Å². The maximum absolute atomic E-state index is 12.3. The summed E-state index contributed by atoms with van der Waals surface area (Å²) in [5.41, 5.74) is 1.12. The highest BCUT2D eigenvalue weighted by Gasteiger charge is 2.31. The molecule has 6 nitrogen and oxygen atoms in total. The van der Waals surface area contributed by atoms with Crippen LogP contribution in [0.3, 0.4) is 0 Å². The average molecular weight is 319 g/mol. The highest BCUT2D eigenvalue weighted by Crippen LogP contribution is 2.29. The molecule has 2 amide bonds. The minimum absolute atomic E-state index is 0.0388. The normalized spacial score (nSPS) is 12.3. The SMILES string of the molecule is CO.CO.O=C1c2cccc3cccc(c23)C(=O)N1CCCO. The van der Waals surface area contributed by atoms with E-state index in [0.717, 1.165) is 25.0 Å². The van der Waals surface area contributed by atoms with Crippen molar-refractivity contribution in [3.63, 3.8) is 0 Å². The van der Waals surface area contributed by atoms with E-state index in [1.807, 2.05) is 24.3 Å². The van der Waals surface area contributed by atoms with Gasteiger partial charge >= 0.3 is 0 Å². The summed E-state index contributed by atoms with van der Waals surface area (Å²) in [6.45, 7) is 0.210. The van der Waals surface area contributed by atoms with Crippen LogP contribution in [0.4, 0.5) is 0 Å². The van der Waals surface area contributed by atoms with Crippen molar-refractivity contribution in [1.82, 2.24) is 4.90 Å². The summed E-state index contributed by atoms with van der Waals surface area (Å²) in [6, 6.07) is 10.9. The molecule has 0 spiro atoms. The van der Waals surface area contributed by atoms with E-state index < -0.39 is 0 Å². The van der Waals surface area contributed by atoms with Gasteiger partial charge in [0.25, 0.3) is 11.8 Å². The summed E-state index contributed by atoms with van der Waals surface area (Å²) in [5.74, 6) is -0.550. The Kier molecular flexibility index (Phi) is 7.34. The highest BCUT2D eigenvalue weighted by atomic mass is 16.3. The Morgan fingerprint density at radius 3 is 1.78 bits per heavy atom. The fourth-order valence-electron chi connectivity index (χ4n) is 2.51. The molecule has 0 bridgehead atoms. The molecule has 1 heterocycles. The van der Waals surface area contributed by atoms with Crippen LogP contribution < -0.4 is 0 Å². The maximum atomic E-state index is 12.3. The molecule has 23 heavy (non-hydrogen) atoms. The van der Waals surface area contributed by atoms with Crippen molar-refractivity contribution in [2.45, 2.75) is 6.42 Å². The molecule has 2 aromatic carbocycles. The minimum Gasteiger partial charge on any atom is -0.400 e. The number of imide groups is 1. The van der Waals surface area contributed by atoms with Gasteiger partial charge in [-0.2, -0.15) is 0 Å². The van der Waals surface area contributed by atoms with E-state index in [0.29, 0.717) is 17.5 Å². The molecule has 6 heteroatoms. The number of benzene rings is 2. The first kappa shape index (κ1) is 18.8. The highest BCUT2D eigenvalue weighted by molar-refractivity contribution is 6.25. The molecule has 0 aliphatic carbocycles. The van der Waals surface area contributed by atoms with Gasteiger partial charge < -0.3 is 15.3 Å². The number of amides is 2. The first-order valence-corrected chi connectivity index (χ1v) is 7.12. The molecular weight excluding hydrogens is 298 g/mol. The van der Waals surface area contributed by atoms with Crippen LogP contribution >= 0.6 is 0 Å². The van der Waals surface area contributed by atoms with Gasteiger partial charge in [-0.05, 0) is 23.9 Å². The second kappa shape index (κ2) is 8.99. The number of hydrogen-bond acceptors (Lipinski definition) is 5. The molecule has 1 aliphatic rings. The number of aliphatic hydroxyl groups is 3. The molecular formula is C17H21NO5. The quantitative estimate of drug-likeness (QED) is 0.734. The van der Waals surface area contributed by atoms with Crippen LogP contribution in [0.15, 0.2) is 36.4 Å². The van der Waals surface area contributed by atoms with E-state index in [9.17, 15) is 9.59 Å². The van der Waals surface area contributed by atoms with Crippen LogP contribution in [0.2, 0.25) is 0 Å². The summed E-state index contributed by atoms with van der Waals surface area (Å²) in [5, 5.41) is 24.5. The molecule has 0 atom stereocenters. The molecule has 0 saturated heterocycles. The lowest BCUT2D eigenvalue weighted by Gasteiger charge is -2.26. The minimum atomic E-state index is -0.275. The molecule has 2 aromatic rings. The van der Waals surface area contributed by atoms with E-state index >= 15 is 0 Å². The lowest BCUT2D eigenvalue weighted by Crippen LogP contribution is -2.41. The molecule has 1 aliphatic heterocycles. The summed E-state index contributed by atoms with van der Waals surface area (Å²) in [7, 11) is 2.00. The van der Waals surface area contributed by atoms with Gasteiger partial charge in [-0.1, -0.05) is 24.3 Å². The van der Waals surface area contributed by atoms with Crippen molar-refractivity contribution in [1.29, 1.82) is 0 Å². The number of carbonyl (C=O) groups excluding carboxylic acids is 2. The van der Waals surface area contributed by atoms with E-state index in [2.05, 4.69) is 0 Å². The Morgan fingerprint density at radius 2 is 1.35 bits per heavy atom. The summed E-state index contributed by atoms with van der Waals surface area (Å²) < 4.78 is 0. The molecule has 0 fully saturated rings. The Morgan fingerprint density at radius 1 is 0.870 bits per heavy atom. The molecule has 0 unspecified atom stereocenters. The van der Waals surface area contributed by atoms with Crippen molar-refractivity contribution in [2.24, 2.45) is 0 Å². The lowest BCUT2D eigenvalue weighted by atomic mass is 9.94. The topological polar surface area (TPSA) is 98.1 Å². The molecule has 3 N–H and O–H groups in total. The summed E-state index contributed by atoms with van der Waals surface area (Å²) in [4.78, 5) is 25.9. The third-order valence-electron chi connectivity index (χ3n) is 3.40. The van der Waals surface area contributed by atoms with Crippen LogP contribution in [-0.2, 0) is 0 Å². The molecule has 0 saturated carbocycles. The fourth-order valence-corrected chi connectivity index (χ4v) is 2.51. The maximum Gasteiger partial charge on any atom is 0.261 e. The second-order valence-electron chi connectivity index (χ2n) is 4.55. The average Bonchev–Trinajstić information content (AvgIpc) is 2.63. The third-order valence-corrected chi connectivity index (χ3v) is 3.40. The largest absolute Gasteiger partial charge is 0.400 e. The third kappa shape index (κ3) is 3.56. The van der Waals surface area contributed by atoms with Crippen LogP contribution in [-0.4, -0.2) is 59.4 Å². The Labute approximate surface area is 134 Å². The van der Waals surface area contributed by atoms with Crippen molar-refractivity contribution in [3.05, 3.63) is 47.5 Å². The van der Waals surface area contributed by atoms with Gasteiger partial charge in [-0.15, -0.1) is 0 Å². The number of carbonyl (C=O) groups is 2. The zero-order valence-electron chi connectivity index (χ0n) is 13.2. The van der Waals surface area contributed by atoms with Gasteiger partial charge in [0.05, 0.1) is 0 Å². The van der Waals surface area contributed by atoms with Crippen molar-refractivity contribution in [3.8, 4) is 0 Å². The van der Waals surface area contributed by atoms with E-state index in [-0.39, 0.29) is 25.0 Å². The monoisotopic (exact) mass is 319 g/mol. The second-order valence-corrected chi connectivity index (χ2v) is 4.55. The predicted molar refractivity (Wildman–Crippen MR) is 87.3 cm³/mol. The first-order chi connectivity index (χ1) is 11.2. The van der Waals surface area contributed by atoms with Gasteiger partial charge in [-0.25, -0.2) is 0 Å². The van der Waals surface area contributed by atoms with Gasteiger partial charge in [-0.3, -0.25) is 14.5 Å². The van der Waals surface area contributed by atoms with E-state index in [1.165, 1.54) is 4.90 Å². The van der Waals surface area contributed by atoms with Crippen molar-refractivity contribution >= 4 is 22.6 Å². The Balaban J connectivity index is 0.000000615. The fraction of sp³-hybridized carbons (Fsp3) is 0.294. The Bertz CT molecular complexity index is 633. The predicted octanol–water partition coefficient (Wildman–Crippen LogP) is 1.04. The number of aliphatic hydroxyl groups excluding tert-OH is 3. The zero-order valence-corrected chi connectivity index (χ0v) is 13.2. The zero-order chi connectivity index (χ0) is 17.4. The standard InChI is InChI=1S/C15H13NO3.2CH4O/c17-9-3-8-16-14(18)11-6-1-4-10-5-2-7-12(13(10)11)15(16)19;2*1-2/h1-2,4-7,17H,3,8-9H2;2*2H,1H3. The van der Waals surface area contributed by atoms with Crippen LogP contribution in [0.5, 0.6) is 0 Å². The molecule has 0 aromatic heterocycles. The van der Waals surface area contributed by atoms with Gasteiger partial charge in [0, 0.05) is 43.9 Å². The Hall–Kier alpha value is -2.28. The first-order valence-electron chi connectivity index (χ1n) is 7.12. The van der Waals surface area contributed by atoms with Gasteiger partial charge in [0.1, 0.15) is 0 Å². The number of hydrogen-bond donors (Lipinski definition) is 3. The van der Waals surface area contributed by atoms with Gasteiger partial charge in [0.15, 0.2) is 0 Å². The van der Waals surface area contributed by atoms with Crippen molar-refractivity contribution < 1.29 is 24.9 Å². The smallest absolute Gasteiger partial charge is 0.261 e. The summed E-state index contributed by atoms with van der Waals surface area (Å²) in [6.07, 6.45) is 0.398. The number of rotatable bonds is 3. The molecule has 0 radical (unpaired) electrons. The van der Waals surface area contributed by atoms with Crippen LogP contribution in [0.1, 0.15) is 27.1 Å². The van der Waals surface area contributed by atoms with Crippen molar-refractivity contribution in [2.75, 3.05) is 27.4 Å². The van der Waals surface area contributed by atoms with E-state index in [1.54, 1.807) is 12.1 Å². The van der Waals surface area contributed by atoms with Crippen LogP contribution in [0, 0.1) is 0 Å². The molecule has 3 rings (SSSR count). The van der Waals surface area contributed by atoms with Crippen LogP contribution in [0.25, 0.3) is 10.8 Å². The summed E-state index contributed by atoms with van der Waals surface area (Å²) >= 11 is 0. The number of nitrogens with zero attached hydrogens (tertiary/aromatic N) is 1.